The maximum Gasteiger partial charge on any atom is 0.253 e. The molecule has 0 aliphatic rings. The first-order valence-corrected chi connectivity index (χ1v) is 5.91. The number of rotatable bonds is 4. The molecule has 0 fully saturated rings. The second kappa shape index (κ2) is 5.57. The van der Waals surface area contributed by atoms with Crippen molar-refractivity contribution >= 4 is 17.3 Å². The number of carbonyl (C=O) groups is 1. The van der Waals surface area contributed by atoms with E-state index in [2.05, 4.69) is 26.1 Å². The molecule has 0 bridgehead atoms. The molecule has 1 unspecified atom stereocenters. The van der Waals surface area contributed by atoms with Gasteiger partial charge in [0.15, 0.2) is 0 Å². The van der Waals surface area contributed by atoms with E-state index in [-0.39, 0.29) is 11.9 Å². The van der Waals surface area contributed by atoms with Gasteiger partial charge in [-0.05, 0) is 30.5 Å². The van der Waals surface area contributed by atoms with Crippen molar-refractivity contribution in [1.82, 2.24) is 5.32 Å². The fourth-order valence-corrected chi connectivity index (χ4v) is 1.77. The van der Waals surface area contributed by atoms with Crippen molar-refractivity contribution in [3.63, 3.8) is 0 Å². The van der Waals surface area contributed by atoms with Gasteiger partial charge in [0.2, 0.25) is 0 Å². The Labute approximate surface area is 102 Å². The van der Waals surface area contributed by atoms with Crippen molar-refractivity contribution in [2.24, 2.45) is 5.92 Å². The first-order chi connectivity index (χ1) is 7.95. The molecule has 4 nitrogen and oxygen atoms in total. The van der Waals surface area contributed by atoms with Crippen LogP contribution in [0.5, 0.6) is 0 Å². The van der Waals surface area contributed by atoms with Crippen LogP contribution in [0.1, 0.15) is 37.6 Å². The topological polar surface area (TPSA) is 81.1 Å². The van der Waals surface area contributed by atoms with Crippen LogP contribution in [0.2, 0.25) is 0 Å². The van der Waals surface area contributed by atoms with Crippen molar-refractivity contribution < 1.29 is 4.79 Å². The van der Waals surface area contributed by atoms with Gasteiger partial charge in [-0.3, -0.25) is 4.79 Å². The van der Waals surface area contributed by atoms with Crippen LogP contribution in [0.4, 0.5) is 11.4 Å². The maximum atomic E-state index is 12.0. The summed E-state index contributed by atoms with van der Waals surface area (Å²) in [5.41, 5.74) is 12.8. The number of nitrogens with two attached hydrogens (primary N) is 2. The van der Waals surface area contributed by atoms with E-state index >= 15 is 0 Å². The Morgan fingerprint density at radius 3 is 2.47 bits per heavy atom. The van der Waals surface area contributed by atoms with E-state index in [0.717, 1.165) is 6.42 Å². The van der Waals surface area contributed by atoms with E-state index < -0.39 is 0 Å². The molecular formula is C13H21N3O. The molecule has 4 heteroatoms. The number of nitrogens with one attached hydrogen (secondary N) is 1. The van der Waals surface area contributed by atoms with E-state index in [1.807, 2.05) is 0 Å². The number of anilines is 2. The van der Waals surface area contributed by atoms with Crippen LogP contribution in [-0.4, -0.2) is 11.9 Å². The number of nitrogen functional groups attached to an aromatic ring is 2. The molecule has 0 saturated heterocycles. The molecule has 0 aliphatic carbocycles. The molecule has 0 radical (unpaired) electrons. The Balaban J connectivity index is 2.82. The Hall–Kier alpha value is -1.71. The Kier molecular flexibility index (Phi) is 4.37. The van der Waals surface area contributed by atoms with Crippen molar-refractivity contribution in [2.45, 2.75) is 33.2 Å². The fraction of sp³-hybridized carbons (Fsp3) is 0.462. The first kappa shape index (κ1) is 13.4. The quantitative estimate of drug-likeness (QED) is 0.698. The van der Waals surface area contributed by atoms with Crippen molar-refractivity contribution in [2.75, 3.05) is 11.5 Å². The molecule has 1 rings (SSSR count). The summed E-state index contributed by atoms with van der Waals surface area (Å²) in [4.78, 5) is 12.0. The van der Waals surface area contributed by atoms with E-state index in [4.69, 9.17) is 11.5 Å². The van der Waals surface area contributed by atoms with E-state index in [1.165, 1.54) is 0 Å². The van der Waals surface area contributed by atoms with Crippen LogP contribution < -0.4 is 16.8 Å². The molecule has 1 atom stereocenters. The van der Waals surface area contributed by atoms with Gasteiger partial charge in [-0.2, -0.15) is 0 Å². The third-order valence-electron chi connectivity index (χ3n) is 2.88. The molecular weight excluding hydrogens is 214 g/mol. The highest BCUT2D eigenvalue weighted by Crippen LogP contribution is 2.16. The standard InChI is InChI=1S/C13H21N3O/c1-4-12(8(2)3)16-13(17)10-6-5-9(14)7-11(10)15/h5-8,12H,4,14-15H2,1-3H3,(H,16,17). The summed E-state index contributed by atoms with van der Waals surface area (Å²) in [6, 6.07) is 5.11. The molecule has 94 valence electrons. The summed E-state index contributed by atoms with van der Waals surface area (Å²) in [7, 11) is 0. The molecule has 0 saturated carbocycles. The highest BCUT2D eigenvalue weighted by molar-refractivity contribution is 5.99. The van der Waals surface area contributed by atoms with Crippen LogP contribution in [0.3, 0.4) is 0 Å². The normalized spacial score (nSPS) is 12.5. The lowest BCUT2D eigenvalue weighted by Crippen LogP contribution is -2.38. The number of hydrogen-bond donors (Lipinski definition) is 3. The minimum atomic E-state index is -0.136. The highest BCUT2D eigenvalue weighted by Gasteiger charge is 2.16. The van der Waals surface area contributed by atoms with Crippen LogP contribution >= 0.6 is 0 Å². The predicted molar refractivity (Wildman–Crippen MR) is 71.7 cm³/mol. The van der Waals surface area contributed by atoms with Crippen LogP contribution in [-0.2, 0) is 0 Å². The Morgan fingerprint density at radius 1 is 1.35 bits per heavy atom. The molecule has 1 aromatic carbocycles. The zero-order valence-electron chi connectivity index (χ0n) is 10.7. The number of hydrogen-bond acceptors (Lipinski definition) is 3. The summed E-state index contributed by atoms with van der Waals surface area (Å²) in [5.74, 6) is 0.266. The molecule has 17 heavy (non-hydrogen) atoms. The lowest BCUT2D eigenvalue weighted by atomic mass is 10.0. The Bertz CT molecular complexity index is 402. The summed E-state index contributed by atoms with van der Waals surface area (Å²) in [5, 5.41) is 2.98. The average Bonchev–Trinajstić information content (AvgIpc) is 2.24. The third-order valence-corrected chi connectivity index (χ3v) is 2.88. The van der Waals surface area contributed by atoms with Gasteiger partial charge in [0.05, 0.1) is 5.56 Å². The zero-order chi connectivity index (χ0) is 13.0. The summed E-state index contributed by atoms with van der Waals surface area (Å²) >= 11 is 0. The van der Waals surface area contributed by atoms with Crippen molar-refractivity contribution in [3.05, 3.63) is 23.8 Å². The molecule has 1 amide bonds. The minimum Gasteiger partial charge on any atom is -0.399 e. The summed E-state index contributed by atoms with van der Waals surface area (Å²) < 4.78 is 0. The lowest BCUT2D eigenvalue weighted by Gasteiger charge is -2.21. The van der Waals surface area contributed by atoms with Gasteiger partial charge in [-0.15, -0.1) is 0 Å². The van der Waals surface area contributed by atoms with Gasteiger partial charge in [-0.1, -0.05) is 20.8 Å². The molecule has 1 aromatic rings. The second-order valence-electron chi connectivity index (χ2n) is 4.58. The minimum absolute atomic E-state index is 0.136. The molecule has 0 aliphatic heterocycles. The number of benzene rings is 1. The smallest absolute Gasteiger partial charge is 0.253 e. The summed E-state index contributed by atoms with van der Waals surface area (Å²) in [6.07, 6.45) is 0.901. The van der Waals surface area contributed by atoms with Gasteiger partial charge in [0.25, 0.3) is 5.91 Å². The SMILES string of the molecule is CCC(NC(=O)c1ccc(N)cc1N)C(C)C. The molecule has 0 spiro atoms. The molecule has 0 aromatic heterocycles. The number of amides is 1. The van der Waals surface area contributed by atoms with Gasteiger partial charge >= 0.3 is 0 Å². The van der Waals surface area contributed by atoms with Gasteiger partial charge in [-0.25, -0.2) is 0 Å². The zero-order valence-corrected chi connectivity index (χ0v) is 10.7. The van der Waals surface area contributed by atoms with E-state index in [0.29, 0.717) is 22.9 Å². The molecule has 5 N–H and O–H groups in total. The van der Waals surface area contributed by atoms with Gasteiger partial charge in [0, 0.05) is 17.4 Å². The number of carbonyl (C=O) groups excluding carboxylic acids is 1. The van der Waals surface area contributed by atoms with Gasteiger partial charge in [0.1, 0.15) is 0 Å². The highest BCUT2D eigenvalue weighted by atomic mass is 16.1. The van der Waals surface area contributed by atoms with Crippen LogP contribution in [0, 0.1) is 5.92 Å². The largest absolute Gasteiger partial charge is 0.399 e. The van der Waals surface area contributed by atoms with Crippen molar-refractivity contribution in [1.29, 1.82) is 0 Å². The van der Waals surface area contributed by atoms with Crippen molar-refractivity contribution in [3.8, 4) is 0 Å². The monoisotopic (exact) mass is 235 g/mol. The average molecular weight is 235 g/mol. The summed E-state index contributed by atoms with van der Waals surface area (Å²) in [6.45, 7) is 6.22. The predicted octanol–water partition coefficient (Wildman–Crippen LogP) is 2.02. The van der Waals surface area contributed by atoms with E-state index in [1.54, 1.807) is 18.2 Å². The second-order valence-corrected chi connectivity index (χ2v) is 4.58. The lowest BCUT2D eigenvalue weighted by molar-refractivity contribution is 0.0925. The third kappa shape index (κ3) is 3.37. The molecule has 0 heterocycles. The van der Waals surface area contributed by atoms with Crippen LogP contribution in [0.15, 0.2) is 18.2 Å². The van der Waals surface area contributed by atoms with E-state index in [9.17, 15) is 4.79 Å². The fourth-order valence-electron chi connectivity index (χ4n) is 1.77. The first-order valence-electron chi connectivity index (χ1n) is 5.91. The van der Waals surface area contributed by atoms with Gasteiger partial charge < -0.3 is 16.8 Å². The maximum absolute atomic E-state index is 12.0. The van der Waals surface area contributed by atoms with Crippen LogP contribution in [0.25, 0.3) is 0 Å². The Morgan fingerprint density at radius 2 is 2.00 bits per heavy atom.